The molecule has 1 fully saturated rings. The van der Waals surface area contributed by atoms with Crippen molar-refractivity contribution in [2.75, 3.05) is 7.11 Å². The zero-order valence-electron chi connectivity index (χ0n) is 13.9. The summed E-state index contributed by atoms with van der Waals surface area (Å²) in [6.07, 6.45) is 0.599. The van der Waals surface area contributed by atoms with Crippen LogP contribution in [0.2, 0.25) is 0 Å². The predicted octanol–water partition coefficient (Wildman–Crippen LogP) is 4.12. The number of benzene rings is 2. The van der Waals surface area contributed by atoms with Crippen LogP contribution in [0.5, 0.6) is 11.5 Å². The first-order chi connectivity index (χ1) is 12.6. The molecule has 7 heteroatoms. The maximum atomic E-state index is 12.5. The summed E-state index contributed by atoms with van der Waals surface area (Å²) < 4.78 is 34.6. The highest BCUT2D eigenvalue weighted by Gasteiger charge is 2.59. The molecule has 1 heterocycles. The normalized spacial score (nSPS) is 21.6. The SMILES string of the molecule is COc1cc(C2CC2(C#N)c2nc3ccccc3[nH]2)ccc1OC(F)F. The number of nitrogens with one attached hydrogen (secondary N) is 1. The molecule has 1 aliphatic carbocycles. The molecule has 0 saturated heterocycles. The number of halogens is 2. The Bertz CT molecular complexity index is 978. The van der Waals surface area contributed by atoms with Crippen LogP contribution in [-0.4, -0.2) is 23.7 Å². The molecule has 4 rings (SSSR count). The van der Waals surface area contributed by atoms with E-state index in [2.05, 4.69) is 20.8 Å². The summed E-state index contributed by atoms with van der Waals surface area (Å²) in [5.74, 6) is 0.713. The molecule has 132 valence electrons. The highest BCUT2D eigenvalue weighted by atomic mass is 19.3. The molecule has 2 atom stereocenters. The van der Waals surface area contributed by atoms with E-state index in [1.807, 2.05) is 24.3 Å². The van der Waals surface area contributed by atoms with Crippen LogP contribution in [0, 0.1) is 11.3 Å². The second-order valence-electron chi connectivity index (χ2n) is 6.23. The van der Waals surface area contributed by atoms with Crippen molar-refractivity contribution in [3.05, 3.63) is 53.9 Å². The smallest absolute Gasteiger partial charge is 0.387 e. The van der Waals surface area contributed by atoms with Crippen LogP contribution in [0.3, 0.4) is 0 Å². The molecule has 0 bridgehead atoms. The zero-order chi connectivity index (χ0) is 18.3. The van der Waals surface area contributed by atoms with Gasteiger partial charge in [-0.05, 0) is 36.2 Å². The van der Waals surface area contributed by atoms with Gasteiger partial charge in [0, 0.05) is 5.92 Å². The highest BCUT2D eigenvalue weighted by Crippen LogP contribution is 2.60. The van der Waals surface area contributed by atoms with Crippen molar-refractivity contribution in [1.82, 2.24) is 9.97 Å². The van der Waals surface area contributed by atoms with Crippen LogP contribution in [0.4, 0.5) is 8.78 Å². The molecule has 2 aromatic carbocycles. The predicted molar refractivity (Wildman–Crippen MR) is 90.4 cm³/mol. The highest BCUT2D eigenvalue weighted by molar-refractivity contribution is 5.75. The minimum absolute atomic E-state index is 0.0294. The first-order valence-electron chi connectivity index (χ1n) is 8.06. The topological polar surface area (TPSA) is 70.9 Å². The lowest BCUT2D eigenvalue weighted by atomic mass is 9.99. The summed E-state index contributed by atoms with van der Waals surface area (Å²) in [4.78, 5) is 7.79. The minimum atomic E-state index is -2.93. The molecular formula is C19H15F2N3O2. The largest absolute Gasteiger partial charge is 0.493 e. The van der Waals surface area contributed by atoms with Gasteiger partial charge >= 0.3 is 6.61 Å². The molecule has 0 radical (unpaired) electrons. The van der Waals surface area contributed by atoms with Gasteiger partial charge in [-0.25, -0.2) is 4.98 Å². The molecule has 0 spiro atoms. The Morgan fingerprint density at radius 3 is 2.77 bits per heavy atom. The number of fused-ring (bicyclic) bond motifs is 1. The zero-order valence-corrected chi connectivity index (χ0v) is 13.9. The lowest BCUT2D eigenvalue weighted by Gasteiger charge is -2.12. The fraction of sp³-hybridized carbons (Fsp3) is 0.263. The Morgan fingerprint density at radius 1 is 1.27 bits per heavy atom. The third-order valence-corrected chi connectivity index (χ3v) is 4.78. The van der Waals surface area contributed by atoms with Gasteiger partial charge in [0.15, 0.2) is 11.5 Å². The summed E-state index contributed by atoms with van der Waals surface area (Å²) in [5, 5.41) is 9.80. The molecule has 1 N–H and O–H groups in total. The third kappa shape index (κ3) is 2.54. The van der Waals surface area contributed by atoms with Crippen molar-refractivity contribution in [3.8, 4) is 17.6 Å². The number of hydrogen-bond acceptors (Lipinski definition) is 4. The average molecular weight is 355 g/mol. The second-order valence-corrected chi connectivity index (χ2v) is 6.23. The number of rotatable bonds is 5. The van der Waals surface area contributed by atoms with Crippen molar-refractivity contribution in [3.63, 3.8) is 0 Å². The van der Waals surface area contributed by atoms with Gasteiger partial charge in [-0.3, -0.25) is 0 Å². The Balaban J connectivity index is 1.68. The maximum Gasteiger partial charge on any atom is 0.387 e. The standard InChI is InChI=1S/C19H15F2N3O2/c1-25-16-8-11(6-7-15(16)26-18(20)21)12-9-19(12,10-22)17-23-13-4-2-3-5-14(13)24-17/h2-8,12,18H,9H2,1H3,(H,23,24). The van der Waals surface area contributed by atoms with Gasteiger partial charge < -0.3 is 14.5 Å². The first-order valence-corrected chi connectivity index (χ1v) is 8.06. The monoisotopic (exact) mass is 355 g/mol. The fourth-order valence-corrected chi connectivity index (χ4v) is 3.36. The number of imidazole rings is 1. The molecule has 26 heavy (non-hydrogen) atoms. The molecular weight excluding hydrogens is 340 g/mol. The van der Waals surface area contributed by atoms with E-state index in [-0.39, 0.29) is 17.4 Å². The van der Waals surface area contributed by atoms with Gasteiger partial charge in [0.25, 0.3) is 0 Å². The van der Waals surface area contributed by atoms with E-state index in [9.17, 15) is 14.0 Å². The number of ether oxygens (including phenoxy) is 2. The summed E-state index contributed by atoms with van der Waals surface area (Å²) in [7, 11) is 1.39. The van der Waals surface area contributed by atoms with Gasteiger partial charge in [-0.15, -0.1) is 0 Å². The number of para-hydroxylation sites is 2. The van der Waals surface area contributed by atoms with Gasteiger partial charge in [0.05, 0.1) is 24.2 Å². The van der Waals surface area contributed by atoms with E-state index in [0.717, 1.165) is 16.6 Å². The van der Waals surface area contributed by atoms with Gasteiger partial charge in [0.2, 0.25) is 0 Å². The number of nitrogens with zero attached hydrogens (tertiary/aromatic N) is 2. The molecule has 0 amide bonds. The number of nitriles is 1. The number of H-pyrrole nitrogens is 1. The molecule has 5 nitrogen and oxygen atoms in total. The van der Waals surface area contributed by atoms with Gasteiger partial charge in [0.1, 0.15) is 11.2 Å². The van der Waals surface area contributed by atoms with Crippen LogP contribution in [-0.2, 0) is 5.41 Å². The van der Waals surface area contributed by atoms with Crippen LogP contribution in [0.25, 0.3) is 11.0 Å². The lowest BCUT2D eigenvalue weighted by Crippen LogP contribution is -2.09. The Kier molecular flexibility index (Phi) is 3.76. The van der Waals surface area contributed by atoms with Crippen LogP contribution < -0.4 is 9.47 Å². The van der Waals surface area contributed by atoms with E-state index >= 15 is 0 Å². The van der Waals surface area contributed by atoms with Crippen molar-refractivity contribution < 1.29 is 18.3 Å². The molecule has 1 aliphatic rings. The van der Waals surface area contributed by atoms with Gasteiger partial charge in [-0.1, -0.05) is 18.2 Å². The quantitative estimate of drug-likeness (QED) is 0.747. The number of methoxy groups -OCH3 is 1. The molecule has 1 aromatic heterocycles. The van der Waals surface area contributed by atoms with Crippen molar-refractivity contribution >= 4 is 11.0 Å². The summed E-state index contributed by atoms with van der Waals surface area (Å²) in [5.41, 5.74) is 1.75. The maximum absolute atomic E-state index is 12.5. The summed E-state index contributed by atoms with van der Waals surface area (Å²) >= 11 is 0. The molecule has 0 aliphatic heterocycles. The van der Waals surface area contributed by atoms with E-state index in [1.165, 1.54) is 13.2 Å². The van der Waals surface area contributed by atoms with Crippen molar-refractivity contribution in [2.24, 2.45) is 0 Å². The van der Waals surface area contributed by atoms with Crippen LogP contribution >= 0.6 is 0 Å². The number of aromatic nitrogens is 2. The fourth-order valence-electron chi connectivity index (χ4n) is 3.36. The first kappa shape index (κ1) is 16.3. The van der Waals surface area contributed by atoms with E-state index in [4.69, 9.17) is 4.74 Å². The Labute approximate surface area is 148 Å². The Hall–Kier alpha value is -3.14. The van der Waals surface area contributed by atoms with Crippen LogP contribution in [0.15, 0.2) is 42.5 Å². The number of hydrogen-bond donors (Lipinski definition) is 1. The second kappa shape index (κ2) is 5.99. The van der Waals surface area contributed by atoms with Gasteiger partial charge in [-0.2, -0.15) is 14.0 Å². The Morgan fingerprint density at radius 2 is 2.08 bits per heavy atom. The summed E-state index contributed by atoms with van der Waals surface area (Å²) in [6.45, 7) is -2.93. The van der Waals surface area contributed by atoms with E-state index in [1.54, 1.807) is 12.1 Å². The van der Waals surface area contributed by atoms with Crippen molar-refractivity contribution in [1.29, 1.82) is 5.26 Å². The third-order valence-electron chi connectivity index (χ3n) is 4.78. The van der Waals surface area contributed by atoms with E-state index < -0.39 is 12.0 Å². The molecule has 3 aromatic rings. The number of alkyl halides is 2. The average Bonchev–Trinajstić information content (AvgIpc) is 3.23. The number of aromatic amines is 1. The lowest BCUT2D eigenvalue weighted by molar-refractivity contribution is -0.0512. The minimum Gasteiger partial charge on any atom is -0.493 e. The van der Waals surface area contributed by atoms with Crippen molar-refractivity contribution in [2.45, 2.75) is 24.4 Å². The molecule has 2 unspecified atom stereocenters. The van der Waals surface area contributed by atoms with Crippen LogP contribution in [0.1, 0.15) is 23.7 Å². The van der Waals surface area contributed by atoms with E-state index in [0.29, 0.717) is 12.2 Å². The molecule has 1 saturated carbocycles. The summed E-state index contributed by atoms with van der Waals surface area (Å²) in [6, 6.07) is 14.7.